The van der Waals surface area contributed by atoms with Crippen molar-refractivity contribution in [2.45, 2.75) is 13.8 Å². The average Bonchev–Trinajstić information content (AvgIpc) is 2.72. The fourth-order valence-corrected chi connectivity index (χ4v) is 3.23. The molecule has 4 rings (SSSR count). The largest absolute Gasteiger partial charge is 0.464 e. The minimum atomic E-state index is -0.751. The zero-order valence-electron chi connectivity index (χ0n) is 16.6. The minimum absolute atomic E-state index is 0.00907. The van der Waals surface area contributed by atoms with Gasteiger partial charge in [-0.15, -0.1) is 0 Å². The minimum Gasteiger partial charge on any atom is -0.464 e. The number of carbonyl (C=O) groups excluding carboxylic acids is 2. The molecule has 0 saturated carbocycles. The Morgan fingerprint density at radius 3 is 2.33 bits per heavy atom. The van der Waals surface area contributed by atoms with Crippen LogP contribution in [0.1, 0.15) is 32.1 Å². The number of ether oxygens (including phenoxy) is 2. The summed E-state index contributed by atoms with van der Waals surface area (Å²) >= 11 is 0. The van der Waals surface area contributed by atoms with E-state index in [-0.39, 0.29) is 22.6 Å². The summed E-state index contributed by atoms with van der Waals surface area (Å²) in [5, 5.41) is 1.04. The number of aryl methyl sites for hydroxylation is 2. The number of aromatic nitrogens is 2. The second kappa shape index (κ2) is 7.44. The van der Waals surface area contributed by atoms with Gasteiger partial charge in [0.1, 0.15) is 11.4 Å². The lowest BCUT2D eigenvalue weighted by molar-refractivity contribution is 0.0591. The third kappa shape index (κ3) is 3.53. The number of methoxy groups -OCH3 is 1. The average molecular weight is 402 g/mol. The molecular weight excluding hydrogens is 384 g/mol. The van der Waals surface area contributed by atoms with Gasteiger partial charge in [0.25, 0.3) is 0 Å². The zero-order valence-corrected chi connectivity index (χ0v) is 16.6. The van der Waals surface area contributed by atoms with E-state index in [1.807, 2.05) is 26.0 Å². The first-order valence-electron chi connectivity index (χ1n) is 9.21. The Kier molecular flexibility index (Phi) is 4.79. The van der Waals surface area contributed by atoms with Gasteiger partial charge in [-0.05, 0) is 49.2 Å². The Bertz CT molecular complexity index is 1390. The molecule has 0 fully saturated rings. The molecule has 2 aromatic carbocycles. The smallest absolute Gasteiger partial charge is 0.360 e. The van der Waals surface area contributed by atoms with Gasteiger partial charge in [0.05, 0.1) is 18.1 Å². The van der Waals surface area contributed by atoms with E-state index in [0.717, 1.165) is 11.1 Å². The summed E-state index contributed by atoms with van der Waals surface area (Å²) in [7, 11) is 1.25. The van der Waals surface area contributed by atoms with Crippen molar-refractivity contribution in [3.05, 3.63) is 81.3 Å². The van der Waals surface area contributed by atoms with E-state index < -0.39 is 11.9 Å². The van der Waals surface area contributed by atoms with E-state index in [1.165, 1.54) is 19.2 Å². The number of nitrogens with zero attached hydrogens (tertiary/aromatic N) is 1. The van der Waals surface area contributed by atoms with Crippen molar-refractivity contribution in [2.24, 2.45) is 0 Å². The summed E-state index contributed by atoms with van der Waals surface area (Å²) < 4.78 is 10.3. The quantitative estimate of drug-likeness (QED) is 0.525. The third-order valence-electron chi connectivity index (χ3n) is 4.73. The van der Waals surface area contributed by atoms with E-state index in [1.54, 1.807) is 24.3 Å². The molecule has 0 aliphatic rings. The summed E-state index contributed by atoms with van der Waals surface area (Å²) in [5.41, 5.74) is 2.64. The Morgan fingerprint density at radius 1 is 0.900 bits per heavy atom. The molecule has 0 saturated heterocycles. The summed E-state index contributed by atoms with van der Waals surface area (Å²) in [5.74, 6) is -1.25. The van der Waals surface area contributed by atoms with Crippen LogP contribution in [0.25, 0.3) is 21.8 Å². The van der Waals surface area contributed by atoms with Gasteiger partial charge in [0.2, 0.25) is 0 Å². The molecule has 0 aliphatic carbocycles. The van der Waals surface area contributed by atoms with E-state index in [2.05, 4.69) is 9.97 Å². The highest BCUT2D eigenvalue weighted by Crippen LogP contribution is 2.27. The van der Waals surface area contributed by atoms with Crippen molar-refractivity contribution >= 4 is 33.7 Å². The van der Waals surface area contributed by atoms with E-state index >= 15 is 0 Å². The third-order valence-corrected chi connectivity index (χ3v) is 4.73. The molecule has 2 aromatic heterocycles. The Labute approximate surface area is 171 Å². The van der Waals surface area contributed by atoms with Gasteiger partial charge >= 0.3 is 11.9 Å². The lowest BCUT2D eigenvalue weighted by Crippen LogP contribution is -2.16. The number of hydrogen-bond acceptors (Lipinski definition) is 6. The van der Waals surface area contributed by atoms with Gasteiger partial charge in [-0.2, -0.15) is 0 Å². The second-order valence-electron chi connectivity index (χ2n) is 7.00. The molecule has 0 radical (unpaired) electrons. The number of benzene rings is 2. The van der Waals surface area contributed by atoms with Crippen LogP contribution in [-0.4, -0.2) is 29.0 Å². The van der Waals surface area contributed by atoms with Crippen LogP contribution in [0.5, 0.6) is 5.75 Å². The molecule has 0 unspecified atom stereocenters. The van der Waals surface area contributed by atoms with E-state index in [0.29, 0.717) is 21.8 Å². The first-order valence-corrected chi connectivity index (χ1v) is 9.21. The topological polar surface area (TPSA) is 98.4 Å². The van der Waals surface area contributed by atoms with Gasteiger partial charge in [0, 0.05) is 22.9 Å². The first kappa shape index (κ1) is 19.3. The van der Waals surface area contributed by atoms with Crippen LogP contribution in [0.4, 0.5) is 0 Å². The normalized spacial score (nSPS) is 10.9. The van der Waals surface area contributed by atoms with Crippen LogP contribution in [0.3, 0.4) is 0 Å². The molecule has 150 valence electrons. The number of carbonyl (C=O) groups is 2. The number of aromatic amines is 1. The van der Waals surface area contributed by atoms with Crippen LogP contribution >= 0.6 is 0 Å². The highest BCUT2D eigenvalue weighted by atomic mass is 16.5. The lowest BCUT2D eigenvalue weighted by Gasteiger charge is -2.10. The van der Waals surface area contributed by atoms with Crippen molar-refractivity contribution in [3.63, 3.8) is 0 Å². The Morgan fingerprint density at radius 2 is 1.60 bits per heavy atom. The number of hydrogen-bond donors (Lipinski definition) is 1. The second-order valence-corrected chi connectivity index (χ2v) is 7.00. The standard InChI is InChI=1S/C23H18N2O5/c1-12-4-6-14-16(8-12)24-18(10-20(14)26)23(28)30-21-11-19(22(27)29-3)25-17-9-13(2)5-7-15(17)21/h4-11H,1-3H3,(H,24,26). The molecule has 1 N–H and O–H groups in total. The van der Waals surface area contributed by atoms with E-state index in [4.69, 9.17) is 9.47 Å². The van der Waals surface area contributed by atoms with E-state index in [9.17, 15) is 14.4 Å². The maximum Gasteiger partial charge on any atom is 0.360 e. The van der Waals surface area contributed by atoms with Gasteiger partial charge < -0.3 is 14.5 Å². The van der Waals surface area contributed by atoms with Crippen LogP contribution < -0.4 is 10.2 Å². The van der Waals surface area contributed by atoms with Gasteiger partial charge in [-0.3, -0.25) is 4.79 Å². The number of rotatable bonds is 3. The predicted octanol–water partition coefficient (Wildman–Crippen LogP) is 3.70. The van der Waals surface area contributed by atoms with Crippen LogP contribution in [0, 0.1) is 13.8 Å². The van der Waals surface area contributed by atoms with Crippen molar-refractivity contribution < 1.29 is 19.1 Å². The Balaban J connectivity index is 1.80. The maximum absolute atomic E-state index is 12.8. The molecule has 7 heteroatoms. The molecule has 4 aromatic rings. The zero-order chi connectivity index (χ0) is 21.4. The molecule has 7 nitrogen and oxygen atoms in total. The molecule has 0 bridgehead atoms. The van der Waals surface area contributed by atoms with Crippen LogP contribution in [0.15, 0.2) is 53.3 Å². The highest BCUT2D eigenvalue weighted by Gasteiger charge is 2.18. The SMILES string of the molecule is COC(=O)c1cc(OC(=O)c2cc(=O)c3ccc(C)cc3[nH]2)c2ccc(C)cc2n1. The number of nitrogens with one attached hydrogen (secondary N) is 1. The predicted molar refractivity (Wildman–Crippen MR) is 112 cm³/mol. The summed E-state index contributed by atoms with van der Waals surface area (Å²) in [6.07, 6.45) is 0. The number of H-pyrrole nitrogens is 1. The van der Waals surface area contributed by atoms with Crippen molar-refractivity contribution in [1.82, 2.24) is 9.97 Å². The fraction of sp³-hybridized carbons (Fsp3) is 0.130. The van der Waals surface area contributed by atoms with Crippen LogP contribution in [-0.2, 0) is 4.74 Å². The molecular formula is C23H18N2O5. The monoisotopic (exact) mass is 402 g/mol. The van der Waals surface area contributed by atoms with Gasteiger partial charge in [-0.1, -0.05) is 12.1 Å². The number of pyridine rings is 2. The molecule has 2 heterocycles. The van der Waals surface area contributed by atoms with Crippen LogP contribution in [0.2, 0.25) is 0 Å². The summed E-state index contributed by atoms with van der Waals surface area (Å²) in [4.78, 5) is 44.5. The van der Waals surface area contributed by atoms with Crippen molar-refractivity contribution in [3.8, 4) is 5.75 Å². The lowest BCUT2D eigenvalue weighted by atomic mass is 10.1. The summed E-state index contributed by atoms with van der Waals surface area (Å²) in [6.45, 7) is 3.78. The molecule has 0 aliphatic heterocycles. The molecule has 0 amide bonds. The molecule has 30 heavy (non-hydrogen) atoms. The van der Waals surface area contributed by atoms with Gasteiger partial charge in [-0.25, -0.2) is 14.6 Å². The van der Waals surface area contributed by atoms with Crippen molar-refractivity contribution in [1.29, 1.82) is 0 Å². The number of fused-ring (bicyclic) bond motifs is 2. The maximum atomic E-state index is 12.8. The van der Waals surface area contributed by atoms with Crippen molar-refractivity contribution in [2.75, 3.05) is 7.11 Å². The first-order chi connectivity index (χ1) is 14.4. The number of esters is 2. The molecule has 0 atom stereocenters. The summed E-state index contributed by atoms with van der Waals surface area (Å²) in [6, 6.07) is 13.3. The van der Waals surface area contributed by atoms with Gasteiger partial charge in [0.15, 0.2) is 11.1 Å². The Hall–Kier alpha value is -4.00. The molecule has 0 spiro atoms. The fourth-order valence-electron chi connectivity index (χ4n) is 3.23. The highest BCUT2D eigenvalue weighted by molar-refractivity contribution is 5.98.